The molecule has 3 rings (SSSR count). The van der Waals surface area contributed by atoms with Crippen LogP contribution in [0.5, 0.6) is 5.88 Å². The molecule has 0 radical (unpaired) electrons. The molecule has 10 heteroatoms. The number of alkyl halides is 3. The van der Waals surface area contributed by atoms with Gasteiger partial charge in [0.2, 0.25) is 5.88 Å². The number of piperidine rings is 1. The number of ether oxygens (including phenoxy) is 1. The molecule has 134 valence electrons. The summed E-state index contributed by atoms with van der Waals surface area (Å²) in [6.07, 6.45) is -2.36. The lowest BCUT2D eigenvalue weighted by molar-refractivity contribution is -0.141. The number of rotatable bonds is 3. The summed E-state index contributed by atoms with van der Waals surface area (Å²) in [5.74, 6) is -0.0589. The molecule has 0 saturated carbocycles. The second kappa shape index (κ2) is 6.69. The minimum Gasteiger partial charge on any atom is -0.480 e. The van der Waals surface area contributed by atoms with Gasteiger partial charge in [-0.05, 0) is 18.9 Å². The van der Waals surface area contributed by atoms with Gasteiger partial charge in [0.05, 0.1) is 13.3 Å². The molecule has 0 spiro atoms. The number of halogens is 3. The maximum Gasteiger partial charge on any atom is 0.432 e. The number of methoxy groups -OCH3 is 1. The zero-order chi connectivity index (χ0) is 18.0. The minimum absolute atomic E-state index is 0.164. The molecule has 1 aliphatic heterocycles. The molecule has 2 aromatic heterocycles. The van der Waals surface area contributed by atoms with Gasteiger partial charge >= 0.3 is 6.18 Å². The summed E-state index contributed by atoms with van der Waals surface area (Å²) < 4.78 is 43.0. The lowest BCUT2D eigenvalue weighted by Gasteiger charge is -2.31. The fourth-order valence-corrected chi connectivity index (χ4v) is 2.78. The third kappa shape index (κ3) is 3.72. The maximum absolute atomic E-state index is 12.7. The van der Waals surface area contributed by atoms with E-state index in [1.54, 1.807) is 4.90 Å². The summed E-state index contributed by atoms with van der Waals surface area (Å²) in [5.41, 5.74) is -0.719. The van der Waals surface area contributed by atoms with Gasteiger partial charge in [0, 0.05) is 25.1 Å². The first kappa shape index (κ1) is 17.2. The number of aromatic nitrogens is 4. The number of nitrogens with zero attached hydrogens (tertiary/aromatic N) is 4. The Morgan fingerprint density at radius 3 is 2.76 bits per heavy atom. The van der Waals surface area contributed by atoms with Crippen LogP contribution in [-0.4, -0.2) is 51.2 Å². The van der Waals surface area contributed by atoms with Crippen LogP contribution in [0.2, 0.25) is 0 Å². The minimum atomic E-state index is -4.46. The second-order valence-corrected chi connectivity index (χ2v) is 5.73. The molecule has 1 atom stereocenters. The van der Waals surface area contributed by atoms with E-state index in [9.17, 15) is 18.0 Å². The smallest absolute Gasteiger partial charge is 0.432 e. The molecule has 7 nitrogen and oxygen atoms in total. The van der Waals surface area contributed by atoms with E-state index in [4.69, 9.17) is 4.74 Å². The van der Waals surface area contributed by atoms with Crippen molar-refractivity contribution in [3.8, 4) is 5.88 Å². The Morgan fingerprint density at radius 1 is 1.36 bits per heavy atom. The van der Waals surface area contributed by atoms with E-state index in [-0.39, 0.29) is 29.9 Å². The van der Waals surface area contributed by atoms with Crippen molar-refractivity contribution in [2.45, 2.75) is 24.9 Å². The van der Waals surface area contributed by atoms with Crippen LogP contribution in [0, 0.1) is 0 Å². The number of hydrogen-bond acceptors (Lipinski definition) is 5. The first-order chi connectivity index (χ1) is 11.9. The molecular weight excluding hydrogens is 339 g/mol. The summed E-state index contributed by atoms with van der Waals surface area (Å²) in [6.45, 7) is 0.785. The summed E-state index contributed by atoms with van der Waals surface area (Å²) in [6, 6.07) is 3.04. The highest BCUT2D eigenvalue weighted by Gasteiger charge is 2.35. The van der Waals surface area contributed by atoms with Gasteiger partial charge in [-0.15, -0.1) is 10.2 Å². The number of carbonyl (C=O) groups is 1. The van der Waals surface area contributed by atoms with Crippen molar-refractivity contribution in [1.29, 1.82) is 0 Å². The number of imidazole rings is 1. The Bertz CT molecular complexity index is 744. The van der Waals surface area contributed by atoms with Gasteiger partial charge in [-0.2, -0.15) is 13.2 Å². The van der Waals surface area contributed by atoms with Crippen molar-refractivity contribution in [3.05, 3.63) is 35.5 Å². The molecule has 1 saturated heterocycles. The van der Waals surface area contributed by atoms with E-state index < -0.39 is 11.9 Å². The molecule has 1 aliphatic rings. The van der Waals surface area contributed by atoms with Crippen LogP contribution in [0.3, 0.4) is 0 Å². The van der Waals surface area contributed by atoms with E-state index in [2.05, 4.69) is 20.2 Å². The van der Waals surface area contributed by atoms with E-state index in [1.165, 1.54) is 19.2 Å². The number of H-pyrrole nitrogens is 1. The van der Waals surface area contributed by atoms with E-state index >= 15 is 0 Å². The van der Waals surface area contributed by atoms with Crippen LogP contribution in [0.15, 0.2) is 18.3 Å². The van der Waals surface area contributed by atoms with Crippen LogP contribution >= 0.6 is 0 Å². The monoisotopic (exact) mass is 355 g/mol. The molecular formula is C15H16F3N5O2. The summed E-state index contributed by atoms with van der Waals surface area (Å²) >= 11 is 0. The van der Waals surface area contributed by atoms with Crippen molar-refractivity contribution < 1.29 is 22.7 Å². The third-order valence-corrected chi connectivity index (χ3v) is 4.06. The number of likely N-dealkylation sites (tertiary alicyclic amines) is 1. The van der Waals surface area contributed by atoms with Crippen LogP contribution < -0.4 is 4.74 Å². The Hall–Kier alpha value is -2.65. The Morgan fingerprint density at radius 2 is 2.16 bits per heavy atom. The molecule has 1 N–H and O–H groups in total. The van der Waals surface area contributed by atoms with Gasteiger partial charge in [0.15, 0.2) is 5.69 Å². The Labute approximate surface area is 141 Å². The first-order valence-corrected chi connectivity index (χ1v) is 7.67. The van der Waals surface area contributed by atoms with Crippen molar-refractivity contribution in [2.75, 3.05) is 20.2 Å². The van der Waals surface area contributed by atoms with Crippen LogP contribution in [0.4, 0.5) is 13.2 Å². The number of nitrogens with one attached hydrogen (secondary N) is 1. The zero-order valence-corrected chi connectivity index (χ0v) is 13.4. The highest BCUT2D eigenvalue weighted by atomic mass is 19.4. The number of carbonyl (C=O) groups excluding carboxylic acids is 1. The normalized spacial score (nSPS) is 18.2. The maximum atomic E-state index is 12.7. The largest absolute Gasteiger partial charge is 0.480 e. The van der Waals surface area contributed by atoms with Gasteiger partial charge in [0.25, 0.3) is 5.91 Å². The average Bonchev–Trinajstić information content (AvgIpc) is 3.12. The zero-order valence-electron chi connectivity index (χ0n) is 13.4. The third-order valence-electron chi connectivity index (χ3n) is 4.06. The van der Waals surface area contributed by atoms with Gasteiger partial charge in [-0.1, -0.05) is 0 Å². The summed E-state index contributed by atoms with van der Waals surface area (Å²) in [7, 11) is 1.44. The Balaban J connectivity index is 1.72. The van der Waals surface area contributed by atoms with Gasteiger partial charge < -0.3 is 14.6 Å². The SMILES string of the molecule is COc1ccc(C(=O)N2CCCC(c3ncc(C(F)(F)F)[nH]3)C2)nn1. The molecule has 1 unspecified atom stereocenters. The number of hydrogen-bond donors (Lipinski definition) is 1. The van der Waals surface area contributed by atoms with Gasteiger partial charge in [-0.25, -0.2) is 4.98 Å². The quantitative estimate of drug-likeness (QED) is 0.913. The summed E-state index contributed by atoms with van der Waals surface area (Å²) in [4.78, 5) is 20.2. The lowest BCUT2D eigenvalue weighted by Crippen LogP contribution is -2.39. The van der Waals surface area contributed by atoms with Gasteiger partial charge in [0.1, 0.15) is 11.5 Å². The van der Waals surface area contributed by atoms with Crippen molar-refractivity contribution in [2.24, 2.45) is 0 Å². The van der Waals surface area contributed by atoms with Crippen molar-refractivity contribution in [3.63, 3.8) is 0 Å². The molecule has 1 fully saturated rings. The molecule has 1 amide bonds. The highest BCUT2D eigenvalue weighted by Crippen LogP contribution is 2.31. The fourth-order valence-electron chi connectivity index (χ4n) is 2.78. The average molecular weight is 355 g/mol. The predicted octanol–water partition coefficient (Wildman–Crippen LogP) is 2.25. The molecule has 3 heterocycles. The fraction of sp³-hybridized carbons (Fsp3) is 0.467. The van der Waals surface area contributed by atoms with Crippen molar-refractivity contribution >= 4 is 5.91 Å². The molecule has 25 heavy (non-hydrogen) atoms. The van der Waals surface area contributed by atoms with Crippen LogP contribution in [0.25, 0.3) is 0 Å². The topological polar surface area (TPSA) is 84.0 Å². The summed E-state index contributed by atoms with van der Waals surface area (Å²) in [5, 5.41) is 7.58. The van der Waals surface area contributed by atoms with Gasteiger partial charge in [-0.3, -0.25) is 4.79 Å². The van der Waals surface area contributed by atoms with E-state index in [0.717, 1.165) is 6.20 Å². The standard InChI is InChI=1S/C15H16F3N5O2/c1-25-12-5-4-10(21-22-12)14(24)23-6-2-3-9(8-23)13-19-7-11(20-13)15(16,17)18/h4-5,7,9H,2-3,6,8H2,1H3,(H,19,20). The Kier molecular flexibility index (Phi) is 4.60. The highest BCUT2D eigenvalue weighted by molar-refractivity contribution is 5.92. The number of aromatic amines is 1. The first-order valence-electron chi connectivity index (χ1n) is 7.67. The van der Waals surface area contributed by atoms with Crippen molar-refractivity contribution in [1.82, 2.24) is 25.1 Å². The van der Waals surface area contributed by atoms with Crippen LogP contribution in [-0.2, 0) is 6.18 Å². The molecule has 2 aromatic rings. The number of amides is 1. The molecule has 0 aliphatic carbocycles. The lowest BCUT2D eigenvalue weighted by atomic mass is 9.97. The predicted molar refractivity (Wildman–Crippen MR) is 80.1 cm³/mol. The van der Waals surface area contributed by atoms with E-state index in [0.29, 0.717) is 25.3 Å². The second-order valence-electron chi connectivity index (χ2n) is 5.73. The van der Waals surface area contributed by atoms with E-state index in [1.807, 2.05) is 0 Å². The van der Waals surface area contributed by atoms with Crippen LogP contribution in [0.1, 0.15) is 40.8 Å². The molecule has 0 bridgehead atoms. The molecule has 0 aromatic carbocycles.